The number of nitrogens with zero attached hydrogens (tertiary/aromatic N) is 4. The van der Waals surface area contributed by atoms with Crippen molar-refractivity contribution in [3.63, 3.8) is 0 Å². The van der Waals surface area contributed by atoms with Gasteiger partial charge in [0.25, 0.3) is 0 Å². The molecule has 1 aromatic heterocycles. The molecule has 1 fully saturated rings. The number of piperazine rings is 1. The summed E-state index contributed by atoms with van der Waals surface area (Å²) < 4.78 is 5.49. The zero-order valence-corrected chi connectivity index (χ0v) is 14.9. The van der Waals surface area contributed by atoms with Crippen LogP contribution in [0.15, 0.2) is 30.6 Å². The first kappa shape index (κ1) is 17.7. The number of hydrogen-bond acceptors (Lipinski definition) is 7. The third kappa shape index (κ3) is 3.58. The maximum atomic E-state index is 11.9. The number of aromatic nitrogens is 2. The van der Waals surface area contributed by atoms with Crippen LogP contribution >= 0.6 is 0 Å². The minimum Gasteiger partial charge on any atom is -0.494 e. The third-order valence-corrected chi connectivity index (χ3v) is 4.30. The fourth-order valence-corrected chi connectivity index (χ4v) is 2.76. The highest BCUT2D eigenvalue weighted by atomic mass is 16.5. The second-order valence-corrected chi connectivity index (χ2v) is 6.06. The standard InChI is InChI=1S/C18H22N6O2/c1-3-26-12-4-5-14(19)13(8-12)18(20)15-9-16(22-11-21-15)24-7-6-23(2)17(25)10-24/h4-5,8-9,11,20H,3,6-7,10,19H2,1-2H3. The van der Waals surface area contributed by atoms with Crippen molar-refractivity contribution in [1.29, 1.82) is 5.41 Å². The summed E-state index contributed by atoms with van der Waals surface area (Å²) >= 11 is 0. The molecule has 0 bridgehead atoms. The number of rotatable bonds is 5. The molecule has 1 aliphatic rings. The predicted molar refractivity (Wildman–Crippen MR) is 99.8 cm³/mol. The van der Waals surface area contributed by atoms with E-state index >= 15 is 0 Å². The predicted octanol–water partition coefficient (Wildman–Crippen LogP) is 1.15. The molecule has 8 heteroatoms. The third-order valence-electron chi connectivity index (χ3n) is 4.30. The van der Waals surface area contributed by atoms with Crippen LogP contribution in [0.2, 0.25) is 0 Å². The van der Waals surface area contributed by atoms with Gasteiger partial charge in [0, 0.05) is 37.5 Å². The summed E-state index contributed by atoms with van der Waals surface area (Å²) in [5.74, 6) is 1.32. The number of likely N-dealkylation sites (N-methyl/N-ethyl adjacent to an activating group) is 1. The van der Waals surface area contributed by atoms with E-state index in [1.165, 1.54) is 6.33 Å². The molecule has 0 saturated carbocycles. The van der Waals surface area contributed by atoms with E-state index in [1.54, 1.807) is 36.2 Å². The summed E-state index contributed by atoms with van der Waals surface area (Å²) in [7, 11) is 1.79. The molecule has 0 aliphatic carbocycles. The van der Waals surface area contributed by atoms with E-state index in [0.29, 0.717) is 48.2 Å². The Kier molecular flexibility index (Phi) is 5.01. The van der Waals surface area contributed by atoms with Crippen molar-refractivity contribution in [1.82, 2.24) is 14.9 Å². The monoisotopic (exact) mass is 354 g/mol. The van der Waals surface area contributed by atoms with E-state index in [1.807, 2.05) is 11.8 Å². The molecule has 0 unspecified atom stereocenters. The van der Waals surface area contributed by atoms with Crippen molar-refractivity contribution in [2.45, 2.75) is 6.92 Å². The highest BCUT2D eigenvalue weighted by molar-refractivity contribution is 6.13. The Bertz CT molecular complexity index is 838. The van der Waals surface area contributed by atoms with Gasteiger partial charge >= 0.3 is 0 Å². The molecule has 2 aromatic rings. The minimum absolute atomic E-state index is 0.0418. The zero-order chi connectivity index (χ0) is 18.7. The van der Waals surface area contributed by atoms with Crippen LogP contribution in [0.5, 0.6) is 5.75 Å². The first-order valence-corrected chi connectivity index (χ1v) is 8.42. The number of hydrogen-bond donors (Lipinski definition) is 2. The number of anilines is 2. The molecule has 1 saturated heterocycles. The summed E-state index contributed by atoms with van der Waals surface area (Å²) in [5, 5.41) is 8.50. The van der Waals surface area contributed by atoms with Crippen molar-refractivity contribution in [3.05, 3.63) is 41.9 Å². The SMILES string of the molecule is CCOc1ccc(N)c(C(=N)c2cc(N3CCN(C)C(=O)C3)ncn2)c1. The Hall–Kier alpha value is -3.16. The van der Waals surface area contributed by atoms with Gasteiger partial charge in [-0.05, 0) is 25.1 Å². The molecule has 1 aliphatic heterocycles. The lowest BCUT2D eigenvalue weighted by Gasteiger charge is -2.32. The Morgan fingerprint density at radius 1 is 1.31 bits per heavy atom. The molecular weight excluding hydrogens is 332 g/mol. The zero-order valence-electron chi connectivity index (χ0n) is 14.9. The topological polar surface area (TPSA) is 108 Å². The fourth-order valence-electron chi connectivity index (χ4n) is 2.76. The Balaban J connectivity index is 1.87. The molecule has 2 heterocycles. The van der Waals surface area contributed by atoms with Crippen LogP contribution in [0.1, 0.15) is 18.2 Å². The Morgan fingerprint density at radius 2 is 2.12 bits per heavy atom. The van der Waals surface area contributed by atoms with Crippen LogP contribution in [0, 0.1) is 5.41 Å². The summed E-state index contributed by atoms with van der Waals surface area (Å²) in [4.78, 5) is 24.0. The molecule has 1 amide bonds. The van der Waals surface area contributed by atoms with Gasteiger partial charge in [-0.1, -0.05) is 0 Å². The van der Waals surface area contributed by atoms with E-state index in [0.717, 1.165) is 0 Å². The average molecular weight is 354 g/mol. The number of nitrogens with one attached hydrogen (secondary N) is 1. The van der Waals surface area contributed by atoms with Gasteiger partial charge in [0.05, 0.1) is 24.6 Å². The number of nitrogens with two attached hydrogens (primary N) is 1. The summed E-state index contributed by atoms with van der Waals surface area (Å²) in [5.41, 5.74) is 7.70. The maximum Gasteiger partial charge on any atom is 0.241 e. The van der Waals surface area contributed by atoms with Gasteiger partial charge in [0.2, 0.25) is 5.91 Å². The van der Waals surface area contributed by atoms with E-state index in [9.17, 15) is 4.79 Å². The minimum atomic E-state index is 0.0418. The lowest BCUT2D eigenvalue weighted by Crippen LogP contribution is -2.48. The van der Waals surface area contributed by atoms with Crippen LogP contribution in [-0.2, 0) is 4.79 Å². The highest BCUT2D eigenvalue weighted by Crippen LogP contribution is 2.23. The van der Waals surface area contributed by atoms with Gasteiger partial charge in [-0.2, -0.15) is 0 Å². The fraction of sp³-hybridized carbons (Fsp3) is 0.333. The lowest BCUT2D eigenvalue weighted by atomic mass is 10.0. The first-order chi connectivity index (χ1) is 12.5. The Labute approximate surface area is 152 Å². The second-order valence-electron chi connectivity index (χ2n) is 6.06. The van der Waals surface area contributed by atoms with Crippen LogP contribution in [0.3, 0.4) is 0 Å². The number of ether oxygens (including phenoxy) is 1. The van der Waals surface area contributed by atoms with Gasteiger partial charge in [0.1, 0.15) is 17.9 Å². The van der Waals surface area contributed by atoms with Crippen molar-refractivity contribution in [3.8, 4) is 5.75 Å². The van der Waals surface area contributed by atoms with E-state index in [4.69, 9.17) is 15.9 Å². The molecular formula is C18H22N6O2. The van der Waals surface area contributed by atoms with Crippen LogP contribution in [-0.4, -0.2) is 59.8 Å². The average Bonchev–Trinajstić information content (AvgIpc) is 2.65. The smallest absolute Gasteiger partial charge is 0.241 e. The number of benzene rings is 1. The van der Waals surface area contributed by atoms with Crippen molar-refractivity contribution >= 4 is 23.1 Å². The molecule has 0 radical (unpaired) electrons. The van der Waals surface area contributed by atoms with Gasteiger partial charge in [-0.25, -0.2) is 9.97 Å². The molecule has 0 spiro atoms. The molecule has 0 atom stereocenters. The van der Waals surface area contributed by atoms with Gasteiger partial charge in [-0.3, -0.25) is 10.2 Å². The summed E-state index contributed by atoms with van der Waals surface area (Å²) in [6, 6.07) is 6.95. The molecule has 3 rings (SSSR count). The lowest BCUT2D eigenvalue weighted by molar-refractivity contribution is -0.129. The molecule has 1 aromatic carbocycles. The molecule has 8 nitrogen and oxygen atoms in total. The number of carbonyl (C=O) groups excluding carboxylic acids is 1. The highest BCUT2D eigenvalue weighted by Gasteiger charge is 2.23. The van der Waals surface area contributed by atoms with Gasteiger partial charge < -0.3 is 20.3 Å². The van der Waals surface area contributed by atoms with Crippen molar-refractivity contribution < 1.29 is 9.53 Å². The first-order valence-electron chi connectivity index (χ1n) is 8.42. The van der Waals surface area contributed by atoms with Crippen molar-refractivity contribution in [2.24, 2.45) is 0 Å². The number of carbonyl (C=O) groups is 1. The summed E-state index contributed by atoms with van der Waals surface area (Å²) in [6.07, 6.45) is 1.41. The summed E-state index contributed by atoms with van der Waals surface area (Å²) in [6.45, 7) is 4.02. The van der Waals surface area contributed by atoms with Crippen LogP contribution in [0.25, 0.3) is 0 Å². The molecule has 26 heavy (non-hydrogen) atoms. The second kappa shape index (κ2) is 7.38. The van der Waals surface area contributed by atoms with E-state index < -0.39 is 0 Å². The Morgan fingerprint density at radius 3 is 2.85 bits per heavy atom. The molecule has 3 N–H and O–H groups in total. The number of nitrogen functional groups attached to an aromatic ring is 1. The normalized spacial score (nSPS) is 14.5. The maximum absolute atomic E-state index is 11.9. The molecule has 136 valence electrons. The van der Waals surface area contributed by atoms with E-state index in [-0.39, 0.29) is 18.2 Å². The van der Waals surface area contributed by atoms with Crippen molar-refractivity contribution in [2.75, 3.05) is 43.9 Å². The number of amides is 1. The van der Waals surface area contributed by atoms with Gasteiger partial charge in [0.15, 0.2) is 0 Å². The quantitative estimate of drug-likeness (QED) is 0.616. The largest absolute Gasteiger partial charge is 0.494 e. The van der Waals surface area contributed by atoms with Gasteiger partial charge in [-0.15, -0.1) is 0 Å². The van der Waals surface area contributed by atoms with Crippen LogP contribution < -0.4 is 15.4 Å². The van der Waals surface area contributed by atoms with E-state index in [2.05, 4.69) is 9.97 Å². The van der Waals surface area contributed by atoms with Crippen LogP contribution in [0.4, 0.5) is 11.5 Å².